The van der Waals surface area contributed by atoms with Crippen molar-refractivity contribution < 1.29 is 19.4 Å². The van der Waals surface area contributed by atoms with E-state index >= 15 is 0 Å². The van der Waals surface area contributed by atoms with Crippen molar-refractivity contribution in [2.45, 2.75) is 37.9 Å². The molecule has 0 radical (unpaired) electrons. The van der Waals surface area contributed by atoms with E-state index in [1.165, 1.54) is 0 Å². The Labute approximate surface area is 188 Å². The average molecular weight is 427 g/mol. The van der Waals surface area contributed by atoms with Crippen LogP contribution in [0.5, 0.6) is 0 Å². The van der Waals surface area contributed by atoms with Crippen molar-refractivity contribution in [2.24, 2.45) is 11.8 Å². The molecule has 3 aromatic rings. The molecule has 4 nitrogen and oxygen atoms in total. The van der Waals surface area contributed by atoms with E-state index in [0.717, 1.165) is 29.0 Å². The van der Waals surface area contributed by atoms with Crippen LogP contribution in [0.25, 0.3) is 10.8 Å². The summed E-state index contributed by atoms with van der Waals surface area (Å²) < 4.78 is 5.79. The molecular weight excluding hydrogens is 400 g/mol. The standard InChI is InChI=1S/C28H26O4/c29-17-16-26-22(13-15-27(26)30)12-14-25(32-28(31)23-7-2-1-3-8-23)19-20-10-11-21-6-4-5-9-24(21)18-20/h1-11,17-18,22,25-27,30H,13,15-16,19H2. The van der Waals surface area contributed by atoms with Gasteiger partial charge in [-0.15, -0.1) is 0 Å². The molecule has 1 aliphatic rings. The van der Waals surface area contributed by atoms with Crippen molar-refractivity contribution in [3.63, 3.8) is 0 Å². The molecule has 0 saturated heterocycles. The fourth-order valence-electron chi connectivity index (χ4n) is 4.33. The maximum atomic E-state index is 12.7. The third-order valence-electron chi connectivity index (χ3n) is 6.08. The van der Waals surface area contributed by atoms with E-state index in [9.17, 15) is 14.7 Å². The van der Waals surface area contributed by atoms with Gasteiger partial charge in [0.1, 0.15) is 6.29 Å². The van der Waals surface area contributed by atoms with Crippen molar-refractivity contribution in [1.29, 1.82) is 0 Å². The van der Waals surface area contributed by atoms with Gasteiger partial charge in [0.25, 0.3) is 0 Å². The monoisotopic (exact) mass is 426 g/mol. The van der Waals surface area contributed by atoms with Gasteiger partial charge in [-0.2, -0.15) is 0 Å². The predicted molar refractivity (Wildman–Crippen MR) is 124 cm³/mol. The maximum Gasteiger partial charge on any atom is 0.339 e. The van der Waals surface area contributed by atoms with Gasteiger partial charge in [-0.25, -0.2) is 4.79 Å². The molecule has 4 rings (SSSR count). The van der Waals surface area contributed by atoms with E-state index in [2.05, 4.69) is 36.1 Å². The first-order chi connectivity index (χ1) is 15.6. The number of carbonyl (C=O) groups is 2. The molecule has 0 spiro atoms. The zero-order valence-corrected chi connectivity index (χ0v) is 17.8. The molecule has 4 unspecified atom stereocenters. The lowest BCUT2D eigenvalue weighted by Crippen LogP contribution is -2.21. The molecule has 1 saturated carbocycles. The van der Waals surface area contributed by atoms with E-state index in [1.54, 1.807) is 24.3 Å². The first-order valence-corrected chi connectivity index (χ1v) is 11.0. The van der Waals surface area contributed by atoms with Crippen LogP contribution in [0, 0.1) is 23.7 Å². The zero-order valence-electron chi connectivity index (χ0n) is 17.8. The molecule has 3 aromatic carbocycles. The van der Waals surface area contributed by atoms with Crippen LogP contribution in [-0.2, 0) is 16.0 Å². The summed E-state index contributed by atoms with van der Waals surface area (Å²) in [6, 6.07) is 23.2. The van der Waals surface area contributed by atoms with Gasteiger partial charge in [-0.3, -0.25) is 0 Å². The van der Waals surface area contributed by atoms with Crippen LogP contribution in [-0.4, -0.2) is 29.6 Å². The maximum absolute atomic E-state index is 12.7. The van der Waals surface area contributed by atoms with Crippen molar-refractivity contribution in [1.82, 2.24) is 0 Å². The number of benzene rings is 3. The van der Waals surface area contributed by atoms with Crippen LogP contribution in [0.3, 0.4) is 0 Å². The van der Waals surface area contributed by atoms with E-state index in [1.807, 2.05) is 24.3 Å². The van der Waals surface area contributed by atoms with Crippen LogP contribution < -0.4 is 0 Å². The zero-order chi connectivity index (χ0) is 22.3. The van der Waals surface area contributed by atoms with Crippen molar-refractivity contribution in [3.8, 4) is 11.8 Å². The summed E-state index contributed by atoms with van der Waals surface area (Å²) in [5.74, 6) is 5.71. The van der Waals surface area contributed by atoms with Gasteiger partial charge in [0.2, 0.25) is 0 Å². The van der Waals surface area contributed by atoms with Gasteiger partial charge in [0.05, 0.1) is 11.7 Å². The Balaban J connectivity index is 1.57. The Hall–Kier alpha value is -3.42. The van der Waals surface area contributed by atoms with Crippen LogP contribution in [0.2, 0.25) is 0 Å². The third kappa shape index (κ3) is 5.25. The molecule has 1 aliphatic carbocycles. The van der Waals surface area contributed by atoms with Crippen LogP contribution in [0.1, 0.15) is 35.2 Å². The number of fused-ring (bicyclic) bond motifs is 1. The van der Waals surface area contributed by atoms with E-state index < -0.39 is 18.2 Å². The molecule has 1 N–H and O–H groups in total. The lowest BCUT2D eigenvalue weighted by Gasteiger charge is -2.16. The molecule has 4 atom stereocenters. The Morgan fingerprint density at radius 3 is 2.56 bits per heavy atom. The lowest BCUT2D eigenvalue weighted by molar-refractivity contribution is -0.109. The highest BCUT2D eigenvalue weighted by Crippen LogP contribution is 2.33. The number of aliphatic hydroxyl groups excluding tert-OH is 1. The third-order valence-corrected chi connectivity index (χ3v) is 6.08. The van der Waals surface area contributed by atoms with Crippen LogP contribution in [0.15, 0.2) is 72.8 Å². The number of aldehydes is 1. The van der Waals surface area contributed by atoms with Crippen LogP contribution in [0.4, 0.5) is 0 Å². The lowest BCUT2D eigenvalue weighted by atomic mass is 9.92. The molecule has 32 heavy (non-hydrogen) atoms. The summed E-state index contributed by atoms with van der Waals surface area (Å²) in [6.45, 7) is 0. The fourth-order valence-corrected chi connectivity index (χ4v) is 4.33. The van der Waals surface area contributed by atoms with Gasteiger partial charge in [0, 0.05) is 24.7 Å². The quantitative estimate of drug-likeness (QED) is 0.356. The number of carbonyl (C=O) groups excluding carboxylic acids is 2. The molecule has 4 heteroatoms. The summed E-state index contributed by atoms with van der Waals surface area (Å²) in [5.41, 5.74) is 1.51. The second kappa shape index (κ2) is 10.3. The molecular formula is C28H26O4. The SMILES string of the molecule is O=CCC1C(O)CCC1C#CC(Cc1ccc2ccccc2c1)OC(=O)c1ccccc1. The number of rotatable bonds is 6. The predicted octanol–water partition coefficient (Wildman–Crippen LogP) is 4.59. The Morgan fingerprint density at radius 2 is 1.78 bits per heavy atom. The van der Waals surface area contributed by atoms with E-state index in [0.29, 0.717) is 24.8 Å². The molecule has 0 aliphatic heterocycles. The van der Waals surface area contributed by atoms with Gasteiger partial charge in [-0.05, 0) is 41.3 Å². The second-order valence-corrected chi connectivity index (χ2v) is 8.25. The topological polar surface area (TPSA) is 63.6 Å². The minimum atomic E-state index is -0.626. The minimum absolute atomic E-state index is 0.0790. The first kappa shape index (κ1) is 21.8. The summed E-state index contributed by atoms with van der Waals surface area (Å²) in [5, 5.41) is 12.4. The summed E-state index contributed by atoms with van der Waals surface area (Å²) in [6.07, 6.45) is 1.84. The number of hydrogen-bond acceptors (Lipinski definition) is 4. The summed E-state index contributed by atoms with van der Waals surface area (Å²) in [7, 11) is 0. The Bertz CT molecular complexity index is 1140. The van der Waals surface area contributed by atoms with Gasteiger partial charge >= 0.3 is 5.97 Å². The summed E-state index contributed by atoms with van der Waals surface area (Å²) in [4.78, 5) is 23.7. The first-order valence-electron chi connectivity index (χ1n) is 11.0. The highest BCUT2D eigenvalue weighted by molar-refractivity contribution is 5.89. The van der Waals surface area contributed by atoms with Crippen molar-refractivity contribution in [3.05, 3.63) is 83.9 Å². The molecule has 0 bridgehead atoms. The van der Waals surface area contributed by atoms with Gasteiger partial charge < -0.3 is 14.6 Å². The molecule has 0 heterocycles. The van der Waals surface area contributed by atoms with Gasteiger partial charge in [-0.1, -0.05) is 72.5 Å². The number of aliphatic hydroxyl groups is 1. The highest BCUT2D eigenvalue weighted by atomic mass is 16.5. The van der Waals surface area contributed by atoms with E-state index in [-0.39, 0.29) is 11.8 Å². The smallest absolute Gasteiger partial charge is 0.339 e. The molecule has 0 amide bonds. The average Bonchev–Trinajstić information content (AvgIpc) is 3.17. The Kier molecular flexibility index (Phi) is 6.99. The Morgan fingerprint density at radius 1 is 1.03 bits per heavy atom. The number of esters is 1. The van der Waals surface area contributed by atoms with Crippen molar-refractivity contribution in [2.75, 3.05) is 0 Å². The highest BCUT2D eigenvalue weighted by Gasteiger charge is 2.33. The molecule has 0 aromatic heterocycles. The summed E-state index contributed by atoms with van der Waals surface area (Å²) >= 11 is 0. The van der Waals surface area contributed by atoms with Crippen LogP contribution >= 0.6 is 0 Å². The number of hydrogen-bond donors (Lipinski definition) is 1. The van der Waals surface area contributed by atoms with Crippen molar-refractivity contribution >= 4 is 23.0 Å². The fraction of sp³-hybridized carbons (Fsp3) is 0.286. The van der Waals surface area contributed by atoms with E-state index in [4.69, 9.17) is 4.74 Å². The van der Waals surface area contributed by atoms with Gasteiger partial charge in [0.15, 0.2) is 6.10 Å². The molecule has 162 valence electrons. The largest absolute Gasteiger partial charge is 0.445 e. The second-order valence-electron chi connectivity index (χ2n) is 8.25. The molecule has 1 fully saturated rings. The number of ether oxygens (including phenoxy) is 1. The minimum Gasteiger partial charge on any atom is -0.445 e. The normalized spacial score (nSPS) is 20.8.